The number of rotatable bonds is 3. The third kappa shape index (κ3) is 2.60. The molecule has 1 heterocycles. The van der Waals surface area contributed by atoms with E-state index in [1.807, 2.05) is 12.1 Å². The van der Waals surface area contributed by atoms with E-state index in [4.69, 9.17) is 21.8 Å². The minimum Gasteiger partial charge on any atom is -0.451 e. The van der Waals surface area contributed by atoms with Gasteiger partial charge in [0.05, 0.1) is 5.02 Å². The van der Waals surface area contributed by atoms with Crippen LogP contribution in [0.1, 0.15) is 49.1 Å². The van der Waals surface area contributed by atoms with Crippen molar-refractivity contribution in [3.8, 4) is 0 Å². The predicted molar refractivity (Wildman–Crippen MR) is 84.7 cm³/mol. The molecule has 0 bridgehead atoms. The number of ketones is 1. The molecule has 1 saturated carbocycles. The van der Waals surface area contributed by atoms with Crippen LogP contribution < -0.4 is 5.73 Å². The van der Waals surface area contributed by atoms with Gasteiger partial charge in [0.2, 0.25) is 5.78 Å². The molecule has 1 aromatic heterocycles. The van der Waals surface area contributed by atoms with Gasteiger partial charge in [-0.15, -0.1) is 0 Å². The van der Waals surface area contributed by atoms with E-state index in [-0.39, 0.29) is 5.78 Å². The molecular weight excluding hydrogens is 286 g/mol. The lowest BCUT2D eigenvalue weighted by Crippen LogP contribution is -2.38. The molecule has 2 aromatic rings. The Morgan fingerprint density at radius 1 is 1.24 bits per heavy atom. The Balaban J connectivity index is 1.99. The molecule has 0 unspecified atom stereocenters. The van der Waals surface area contributed by atoms with Crippen LogP contribution in [0.4, 0.5) is 0 Å². The Hall–Kier alpha value is -1.32. The van der Waals surface area contributed by atoms with E-state index in [2.05, 4.69) is 0 Å². The van der Waals surface area contributed by atoms with E-state index in [0.29, 0.717) is 22.9 Å². The lowest BCUT2D eigenvalue weighted by molar-refractivity contribution is 0.0745. The Kier molecular flexibility index (Phi) is 4.05. The number of fused-ring (bicyclic) bond motifs is 1. The van der Waals surface area contributed by atoms with Crippen LogP contribution >= 0.6 is 11.6 Å². The highest BCUT2D eigenvalue weighted by Crippen LogP contribution is 2.38. The molecule has 0 amide bonds. The number of Topliss-reactive ketones (excluding diaryl/α,β-unsaturated/α-hetero) is 1. The quantitative estimate of drug-likeness (QED) is 0.667. The molecule has 0 radical (unpaired) electrons. The molecule has 3 nitrogen and oxygen atoms in total. The van der Waals surface area contributed by atoms with Gasteiger partial charge in [-0.1, -0.05) is 49.4 Å². The summed E-state index contributed by atoms with van der Waals surface area (Å²) in [4.78, 5) is 13.0. The second-order valence-electron chi connectivity index (χ2n) is 6.00. The van der Waals surface area contributed by atoms with Crippen LogP contribution in [0.3, 0.4) is 0 Å². The maximum Gasteiger partial charge on any atom is 0.205 e. The second-order valence-corrected chi connectivity index (χ2v) is 6.40. The first kappa shape index (κ1) is 14.6. The molecule has 1 fully saturated rings. The van der Waals surface area contributed by atoms with Gasteiger partial charge >= 0.3 is 0 Å². The van der Waals surface area contributed by atoms with Crippen molar-refractivity contribution in [2.24, 2.45) is 11.1 Å². The second kappa shape index (κ2) is 5.82. The van der Waals surface area contributed by atoms with Gasteiger partial charge in [0.1, 0.15) is 0 Å². The summed E-state index contributed by atoms with van der Waals surface area (Å²) in [5.74, 6) is 0.435. The average Bonchev–Trinajstić information content (AvgIpc) is 2.79. The number of furan rings is 1. The van der Waals surface area contributed by atoms with Crippen LogP contribution in [0.2, 0.25) is 5.02 Å². The van der Waals surface area contributed by atoms with Gasteiger partial charge < -0.3 is 10.2 Å². The van der Waals surface area contributed by atoms with Crippen LogP contribution in [0.15, 0.2) is 28.7 Å². The fourth-order valence-electron chi connectivity index (χ4n) is 3.33. The smallest absolute Gasteiger partial charge is 0.205 e. The van der Waals surface area contributed by atoms with Crippen LogP contribution in [0, 0.1) is 5.41 Å². The fraction of sp³-hybridized carbons (Fsp3) is 0.471. The van der Waals surface area contributed by atoms with E-state index < -0.39 is 5.41 Å². The Labute approximate surface area is 129 Å². The maximum atomic E-state index is 13.0. The van der Waals surface area contributed by atoms with E-state index in [1.165, 1.54) is 12.8 Å². The summed E-state index contributed by atoms with van der Waals surface area (Å²) in [5.41, 5.74) is 6.11. The van der Waals surface area contributed by atoms with Gasteiger partial charge in [-0.25, -0.2) is 0 Å². The molecule has 0 atom stereocenters. The molecule has 21 heavy (non-hydrogen) atoms. The van der Waals surface area contributed by atoms with Crippen molar-refractivity contribution in [2.45, 2.75) is 38.5 Å². The molecule has 1 aliphatic rings. The summed E-state index contributed by atoms with van der Waals surface area (Å²) in [6.07, 6.45) is 6.19. The standard InChI is InChI=1S/C17H20ClNO2/c18-13-7-5-6-12-10-14(21-15(12)13)16(20)17(11-19)8-3-1-2-4-9-17/h5-7,10H,1-4,8-9,11,19H2. The van der Waals surface area contributed by atoms with Gasteiger partial charge in [-0.05, 0) is 25.0 Å². The van der Waals surface area contributed by atoms with Crippen LogP contribution in [0.5, 0.6) is 0 Å². The minimum absolute atomic E-state index is 0.0409. The summed E-state index contributed by atoms with van der Waals surface area (Å²) < 4.78 is 5.74. The van der Waals surface area contributed by atoms with Gasteiger partial charge in [-0.2, -0.15) is 0 Å². The van der Waals surface area contributed by atoms with Crippen LogP contribution in [0.25, 0.3) is 11.0 Å². The number of para-hydroxylation sites is 1. The van der Waals surface area contributed by atoms with Crippen molar-refractivity contribution in [1.29, 1.82) is 0 Å². The molecule has 0 saturated heterocycles. The summed E-state index contributed by atoms with van der Waals surface area (Å²) in [7, 11) is 0. The molecule has 1 aromatic carbocycles. The van der Waals surface area contributed by atoms with Crippen molar-refractivity contribution in [1.82, 2.24) is 0 Å². The highest BCUT2D eigenvalue weighted by molar-refractivity contribution is 6.34. The lowest BCUT2D eigenvalue weighted by atomic mass is 9.75. The minimum atomic E-state index is -0.461. The largest absolute Gasteiger partial charge is 0.451 e. The summed E-state index contributed by atoms with van der Waals surface area (Å²) >= 11 is 6.13. The van der Waals surface area contributed by atoms with Crippen molar-refractivity contribution < 1.29 is 9.21 Å². The molecule has 3 rings (SSSR count). The summed E-state index contributed by atoms with van der Waals surface area (Å²) in [6.45, 7) is 0.386. The van der Waals surface area contributed by atoms with Gasteiger partial charge in [0, 0.05) is 17.3 Å². The normalized spacial score (nSPS) is 18.6. The zero-order valence-electron chi connectivity index (χ0n) is 12.0. The molecular formula is C17H20ClNO2. The highest BCUT2D eigenvalue weighted by atomic mass is 35.5. The van der Waals surface area contributed by atoms with Crippen molar-refractivity contribution in [3.63, 3.8) is 0 Å². The Morgan fingerprint density at radius 2 is 1.95 bits per heavy atom. The monoisotopic (exact) mass is 305 g/mol. The van der Waals surface area contributed by atoms with E-state index in [1.54, 1.807) is 12.1 Å². The topological polar surface area (TPSA) is 56.2 Å². The number of nitrogens with two attached hydrogens (primary N) is 1. The first-order valence-electron chi connectivity index (χ1n) is 7.59. The zero-order chi connectivity index (χ0) is 14.9. The summed E-state index contributed by atoms with van der Waals surface area (Å²) in [5, 5.41) is 1.40. The summed E-state index contributed by atoms with van der Waals surface area (Å²) in [6, 6.07) is 7.33. The molecule has 1 aliphatic carbocycles. The molecule has 4 heteroatoms. The fourth-order valence-corrected chi connectivity index (χ4v) is 3.55. The number of halogens is 1. The number of benzene rings is 1. The average molecular weight is 306 g/mol. The molecule has 112 valence electrons. The maximum absolute atomic E-state index is 13.0. The van der Waals surface area contributed by atoms with Crippen molar-refractivity contribution in [3.05, 3.63) is 35.0 Å². The molecule has 0 spiro atoms. The lowest BCUT2D eigenvalue weighted by Gasteiger charge is -2.28. The van der Waals surface area contributed by atoms with Gasteiger partial charge in [-0.3, -0.25) is 4.79 Å². The number of carbonyl (C=O) groups excluding carboxylic acids is 1. The molecule has 2 N–H and O–H groups in total. The Morgan fingerprint density at radius 3 is 2.57 bits per heavy atom. The van der Waals surface area contributed by atoms with Crippen molar-refractivity contribution in [2.75, 3.05) is 6.54 Å². The van der Waals surface area contributed by atoms with E-state index >= 15 is 0 Å². The number of carbonyl (C=O) groups is 1. The first-order valence-corrected chi connectivity index (χ1v) is 7.97. The van der Waals surface area contributed by atoms with Crippen LogP contribution in [-0.2, 0) is 0 Å². The highest BCUT2D eigenvalue weighted by Gasteiger charge is 2.39. The zero-order valence-corrected chi connectivity index (χ0v) is 12.8. The van der Waals surface area contributed by atoms with Gasteiger partial charge in [0.15, 0.2) is 11.3 Å². The van der Waals surface area contributed by atoms with Crippen molar-refractivity contribution >= 4 is 28.4 Å². The Bertz CT molecular complexity index is 654. The number of hydrogen-bond donors (Lipinski definition) is 1. The SMILES string of the molecule is NCC1(C(=O)c2cc3cccc(Cl)c3o2)CCCCCC1. The van der Waals surface area contributed by atoms with Gasteiger partial charge in [0.25, 0.3) is 0 Å². The first-order chi connectivity index (χ1) is 10.2. The third-order valence-electron chi connectivity index (χ3n) is 4.65. The van der Waals surface area contributed by atoms with E-state index in [9.17, 15) is 4.79 Å². The number of hydrogen-bond acceptors (Lipinski definition) is 3. The predicted octanol–water partition coefficient (Wildman–Crippen LogP) is 4.57. The van der Waals surface area contributed by atoms with E-state index in [0.717, 1.165) is 31.1 Å². The van der Waals surface area contributed by atoms with Crippen LogP contribution in [-0.4, -0.2) is 12.3 Å². The molecule has 0 aliphatic heterocycles. The third-order valence-corrected chi connectivity index (χ3v) is 4.95.